The first kappa shape index (κ1) is 11.6. The molecule has 0 saturated heterocycles. The van der Waals surface area contributed by atoms with Gasteiger partial charge in [-0.05, 0) is 19.1 Å². The van der Waals surface area contributed by atoms with Gasteiger partial charge in [-0.1, -0.05) is 12.1 Å². The van der Waals surface area contributed by atoms with Crippen LogP contribution in [0.25, 0.3) is 10.9 Å². The van der Waals surface area contributed by atoms with Crippen molar-refractivity contribution < 1.29 is 4.74 Å². The lowest BCUT2D eigenvalue weighted by molar-refractivity contribution is 0.190. The third-order valence-corrected chi connectivity index (χ3v) is 2.41. The average molecular weight is 233 g/mol. The number of para-hydroxylation sites is 1. The molecule has 17 heavy (non-hydrogen) atoms. The maximum absolute atomic E-state index is 11.8. The summed E-state index contributed by atoms with van der Waals surface area (Å²) in [6.07, 6.45) is 0. The van der Waals surface area contributed by atoms with Gasteiger partial charge >= 0.3 is 0 Å². The lowest BCUT2D eigenvalue weighted by Gasteiger charge is -2.13. The van der Waals surface area contributed by atoms with Gasteiger partial charge in [0, 0.05) is 13.2 Å². The summed E-state index contributed by atoms with van der Waals surface area (Å²) in [6, 6.07) is 7.33. The molecule has 1 unspecified atom stereocenters. The molecule has 0 aliphatic heterocycles. The highest BCUT2D eigenvalue weighted by Gasteiger charge is 2.05. The third-order valence-electron chi connectivity index (χ3n) is 2.41. The molecule has 0 aliphatic carbocycles. The fourth-order valence-corrected chi connectivity index (χ4v) is 1.68. The Morgan fingerprint density at radius 1 is 1.47 bits per heavy atom. The number of aromatic nitrogens is 2. The van der Waals surface area contributed by atoms with Crippen molar-refractivity contribution in [1.82, 2.24) is 9.97 Å². The summed E-state index contributed by atoms with van der Waals surface area (Å²) in [5, 5.41) is 3.68. The number of hydrogen-bond donors (Lipinski definition) is 2. The lowest BCUT2D eigenvalue weighted by Crippen LogP contribution is -2.24. The van der Waals surface area contributed by atoms with Gasteiger partial charge in [0.25, 0.3) is 5.56 Å². The molecule has 5 heteroatoms. The quantitative estimate of drug-likeness (QED) is 0.837. The summed E-state index contributed by atoms with van der Waals surface area (Å²) < 4.78 is 5.01. The minimum atomic E-state index is -0.136. The van der Waals surface area contributed by atoms with Crippen molar-refractivity contribution in [2.75, 3.05) is 19.0 Å². The molecule has 0 radical (unpaired) electrons. The fraction of sp³-hybridized carbons (Fsp3) is 0.333. The molecule has 1 aromatic carbocycles. The van der Waals surface area contributed by atoms with Crippen molar-refractivity contribution in [1.29, 1.82) is 0 Å². The van der Waals surface area contributed by atoms with E-state index in [1.54, 1.807) is 13.2 Å². The van der Waals surface area contributed by atoms with E-state index in [9.17, 15) is 4.79 Å². The first-order valence-electron chi connectivity index (χ1n) is 5.45. The molecule has 2 N–H and O–H groups in total. The van der Waals surface area contributed by atoms with E-state index in [1.165, 1.54) is 0 Å². The molecule has 2 aromatic rings. The van der Waals surface area contributed by atoms with E-state index in [1.807, 2.05) is 25.1 Å². The van der Waals surface area contributed by atoms with Crippen LogP contribution in [0.1, 0.15) is 6.92 Å². The molecule has 0 bridgehead atoms. The summed E-state index contributed by atoms with van der Waals surface area (Å²) >= 11 is 0. The topological polar surface area (TPSA) is 67.0 Å². The Bertz CT molecular complexity index is 565. The Kier molecular flexibility index (Phi) is 3.39. The molecule has 5 nitrogen and oxygen atoms in total. The van der Waals surface area contributed by atoms with Crippen LogP contribution in [-0.4, -0.2) is 29.7 Å². The van der Waals surface area contributed by atoms with Crippen LogP contribution >= 0.6 is 0 Å². The van der Waals surface area contributed by atoms with Crippen LogP contribution in [0.4, 0.5) is 5.95 Å². The van der Waals surface area contributed by atoms with Gasteiger partial charge < -0.3 is 10.1 Å². The first-order valence-corrected chi connectivity index (χ1v) is 5.45. The number of methoxy groups -OCH3 is 1. The summed E-state index contributed by atoms with van der Waals surface area (Å²) in [5.74, 6) is 0.471. The second-order valence-electron chi connectivity index (χ2n) is 3.93. The van der Waals surface area contributed by atoms with E-state index in [-0.39, 0.29) is 11.6 Å². The second-order valence-corrected chi connectivity index (χ2v) is 3.93. The number of benzene rings is 1. The Morgan fingerprint density at radius 2 is 2.24 bits per heavy atom. The minimum absolute atomic E-state index is 0.0873. The van der Waals surface area contributed by atoms with Gasteiger partial charge in [-0.2, -0.15) is 0 Å². The molecular formula is C12H15N3O2. The van der Waals surface area contributed by atoms with Gasteiger partial charge in [-0.15, -0.1) is 0 Å². The summed E-state index contributed by atoms with van der Waals surface area (Å²) in [4.78, 5) is 18.8. The largest absolute Gasteiger partial charge is 0.383 e. The molecule has 0 saturated carbocycles. The molecule has 0 spiro atoms. The third kappa shape index (κ3) is 2.62. The molecule has 1 aromatic heterocycles. The van der Waals surface area contributed by atoms with E-state index in [0.29, 0.717) is 23.5 Å². The zero-order chi connectivity index (χ0) is 12.3. The maximum Gasteiger partial charge on any atom is 0.260 e. The van der Waals surface area contributed by atoms with E-state index in [2.05, 4.69) is 15.3 Å². The van der Waals surface area contributed by atoms with Gasteiger partial charge in [0.15, 0.2) is 0 Å². The van der Waals surface area contributed by atoms with Gasteiger partial charge in [0.1, 0.15) is 0 Å². The van der Waals surface area contributed by atoms with Crippen LogP contribution in [-0.2, 0) is 4.74 Å². The number of nitrogens with zero attached hydrogens (tertiary/aromatic N) is 1. The number of anilines is 1. The van der Waals surface area contributed by atoms with Crippen LogP contribution < -0.4 is 10.9 Å². The zero-order valence-corrected chi connectivity index (χ0v) is 9.86. The van der Waals surface area contributed by atoms with Crippen molar-refractivity contribution in [2.45, 2.75) is 13.0 Å². The lowest BCUT2D eigenvalue weighted by atomic mass is 10.2. The summed E-state index contributed by atoms with van der Waals surface area (Å²) in [5.41, 5.74) is 0.547. The minimum Gasteiger partial charge on any atom is -0.383 e. The SMILES string of the molecule is COCC(C)Nc1nc2ccccc2c(=O)[nH]1. The first-order chi connectivity index (χ1) is 8.20. The van der Waals surface area contributed by atoms with Crippen molar-refractivity contribution in [3.05, 3.63) is 34.6 Å². The molecule has 0 aliphatic rings. The highest BCUT2D eigenvalue weighted by Crippen LogP contribution is 2.08. The molecule has 2 rings (SSSR count). The smallest absolute Gasteiger partial charge is 0.260 e. The van der Waals surface area contributed by atoms with Gasteiger partial charge in [-0.3, -0.25) is 9.78 Å². The number of ether oxygens (including phenoxy) is 1. The Balaban J connectivity index is 2.33. The molecule has 0 fully saturated rings. The zero-order valence-electron chi connectivity index (χ0n) is 9.86. The number of nitrogens with one attached hydrogen (secondary N) is 2. The van der Waals surface area contributed by atoms with Crippen molar-refractivity contribution in [3.63, 3.8) is 0 Å². The molecule has 90 valence electrons. The molecule has 1 heterocycles. The predicted molar refractivity (Wildman–Crippen MR) is 67.3 cm³/mol. The number of H-pyrrole nitrogens is 1. The highest BCUT2D eigenvalue weighted by atomic mass is 16.5. The Labute approximate surface area is 98.8 Å². The maximum atomic E-state index is 11.8. The molecule has 0 amide bonds. The molecular weight excluding hydrogens is 218 g/mol. The van der Waals surface area contributed by atoms with Crippen LogP contribution in [0.3, 0.4) is 0 Å². The Morgan fingerprint density at radius 3 is 3.00 bits per heavy atom. The monoisotopic (exact) mass is 233 g/mol. The van der Waals surface area contributed by atoms with Crippen molar-refractivity contribution in [3.8, 4) is 0 Å². The van der Waals surface area contributed by atoms with Crippen LogP contribution in [0.15, 0.2) is 29.1 Å². The van der Waals surface area contributed by atoms with Gasteiger partial charge in [-0.25, -0.2) is 4.98 Å². The standard InChI is InChI=1S/C12H15N3O2/c1-8(7-17-2)13-12-14-10-6-4-3-5-9(10)11(16)15-12/h3-6,8H,7H2,1-2H3,(H2,13,14,15,16). The van der Waals surface area contributed by atoms with Crippen LogP contribution in [0, 0.1) is 0 Å². The number of hydrogen-bond acceptors (Lipinski definition) is 4. The van der Waals surface area contributed by atoms with Crippen LogP contribution in [0.5, 0.6) is 0 Å². The number of aromatic amines is 1. The fourth-order valence-electron chi connectivity index (χ4n) is 1.68. The Hall–Kier alpha value is -1.88. The highest BCUT2D eigenvalue weighted by molar-refractivity contribution is 5.78. The van der Waals surface area contributed by atoms with E-state index in [4.69, 9.17) is 4.74 Å². The molecule has 1 atom stereocenters. The normalized spacial score (nSPS) is 12.6. The number of fused-ring (bicyclic) bond motifs is 1. The second kappa shape index (κ2) is 4.97. The summed E-state index contributed by atoms with van der Waals surface area (Å²) in [7, 11) is 1.63. The van der Waals surface area contributed by atoms with Gasteiger partial charge in [0.05, 0.1) is 17.5 Å². The predicted octanol–water partition coefficient (Wildman–Crippen LogP) is 1.37. The van der Waals surface area contributed by atoms with Crippen molar-refractivity contribution >= 4 is 16.9 Å². The van der Waals surface area contributed by atoms with Crippen molar-refractivity contribution in [2.24, 2.45) is 0 Å². The van der Waals surface area contributed by atoms with Gasteiger partial charge in [0.2, 0.25) is 5.95 Å². The van der Waals surface area contributed by atoms with E-state index < -0.39 is 0 Å². The number of rotatable bonds is 4. The average Bonchev–Trinajstić information content (AvgIpc) is 2.29. The van der Waals surface area contributed by atoms with E-state index >= 15 is 0 Å². The van der Waals surface area contributed by atoms with E-state index in [0.717, 1.165) is 0 Å². The van der Waals surface area contributed by atoms with Crippen LogP contribution in [0.2, 0.25) is 0 Å². The summed E-state index contributed by atoms with van der Waals surface area (Å²) in [6.45, 7) is 2.51.